The van der Waals surface area contributed by atoms with Gasteiger partial charge in [0.15, 0.2) is 22.4 Å². The lowest BCUT2D eigenvalue weighted by Crippen LogP contribution is -2.15. The van der Waals surface area contributed by atoms with Gasteiger partial charge in [-0.15, -0.1) is 0 Å². The molecule has 8 nitrogen and oxygen atoms in total. The first kappa shape index (κ1) is 26.5. The molecule has 0 aliphatic rings. The van der Waals surface area contributed by atoms with E-state index in [0.29, 0.717) is 33.3 Å². The van der Waals surface area contributed by atoms with Crippen LogP contribution in [-0.4, -0.2) is 11.8 Å². The van der Waals surface area contributed by atoms with E-state index in [2.05, 4.69) is 10.6 Å². The minimum absolute atomic E-state index is 0.0709. The SMILES string of the molecule is Cc1cc(-c2ccc(NC(=O)c3cc(=O)c4ccccc4o3)c(C)c2)ccc1NC(=O)c1cc(=O)c2ccccc2o1. The summed E-state index contributed by atoms with van der Waals surface area (Å²) in [5, 5.41) is 6.46. The van der Waals surface area contributed by atoms with Gasteiger partial charge in [-0.05, 0) is 84.6 Å². The zero-order valence-electron chi connectivity index (χ0n) is 22.7. The molecule has 0 saturated carbocycles. The molecule has 6 rings (SSSR count). The maximum Gasteiger partial charge on any atom is 0.291 e. The van der Waals surface area contributed by atoms with Crippen LogP contribution in [0.2, 0.25) is 0 Å². The topological polar surface area (TPSA) is 119 Å². The van der Waals surface area contributed by atoms with Crippen molar-refractivity contribution in [3.63, 3.8) is 0 Å². The minimum atomic E-state index is -0.521. The number of aryl methyl sites for hydroxylation is 2. The van der Waals surface area contributed by atoms with Crippen molar-refractivity contribution in [3.8, 4) is 11.1 Å². The van der Waals surface area contributed by atoms with Crippen molar-refractivity contribution in [1.82, 2.24) is 0 Å². The van der Waals surface area contributed by atoms with Gasteiger partial charge in [-0.1, -0.05) is 36.4 Å². The van der Waals surface area contributed by atoms with Crippen molar-refractivity contribution in [2.45, 2.75) is 13.8 Å². The highest BCUT2D eigenvalue weighted by molar-refractivity contribution is 6.04. The molecule has 2 amide bonds. The Bertz CT molecular complexity index is 2000. The number of para-hydroxylation sites is 2. The smallest absolute Gasteiger partial charge is 0.291 e. The molecule has 8 heteroatoms. The van der Waals surface area contributed by atoms with E-state index in [4.69, 9.17) is 8.83 Å². The molecule has 0 saturated heterocycles. The fourth-order valence-corrected chi connectivity index (χ4v) is 4.77. The molecule has 2 aromatic heterocycles. The normalized spacial score (nSPS) is 11.0. The number of amides is 2. The standard InChI is InChI=1S/C34H24N2O6/c1-19-15-21(11-13-25(19)35-33(39)31-17-27(37)23-7-3-5-9-29(23)41-31)22-12-14-26(20(2)16-22)36-34(40)32-18-28(38)24-8-4-6-10-30(24)42-32/h3-18H,1-2H3,(H,35,39)(H,36,40). The first-order valence-corrected chi connectivity index (χ1v) is 13.2. The summed E-state index contributed by atoms with van der Waals surface area (Å²) in [4.78, 5) is 50.5. The number of hydrogen-bond acceptors (Lipinski definition) is 6. The molecule has 0 aliphatic heterocycles. The average Bonchev–Trinajstić information content (AvgIpc) is 2.99. The van der Waals surface area contributed by atoms with Gasteiger partial charge < -0.3 is 19.5 Å². The third kappa shape index (κ3) is 5.09. The number of carbonyl (C=O) groups excluding carboxylic acids is 2. The fourth-order valence-electron chi connectivity index (χ4n) is 4.77. The molecule has 0 spiro atoms. The van der Waals surface area contributed by atoms with Gasteiger partial charge in [0, 0.05) is 23.5 Å². The van der Waals surface area contributed by atoms with Crippen molar-refractivity contribution in [2.24, 2.45) is 0 Å². The van der Waals surface area contributed by atoms with Gasteiger partial charge in [-0.3, -0.25) is 19.2 Å². The predicted octanol–water partition coefficient (Wildman–Crippen LogP) is 6.69. The van der Waals surface area contributed by atoms with Crippen molar-refractivity contribution in [1.29, 1.82) is 0 Å². The number of nitrogens with one attached hydrogen (secondary N) is 2. The monoisotopic (exact) mass is 556 g/mol. The van der Waals surface area contributed by atoms with Gasteiger partial charge in [0.2, 0.25) is 0 Å². The summed E-state index contributed by atoms with van der Waals surface area (Å²) in [7, 11) is 0. The van der Waals surface area contributed by atoms with Crippen LogP contribution in [0.3, 0.4) is 0 Å². The maximum atomic E-state index is 12.9. The van der Waals surface area contributed by atoms with E-state index in [1.54, 1.807) is 60.7 Å². The Labute approximate surface area is 239 Å². The van der Waals surface area contributed by atoms with Crippen LogP contribution >= 0.6 is 0 Å². The Kier molecular flexibility index (Phi) is 6.72. The van der Waals surface area contributed by atoms with Gasteiger partial charge in [0.05, 0.1) is 10.8 Å². The van der Waals surface area contributed by atoms with Crippen LogP contribution < -0.4 is 21.5 Å². The summed E-state index contributed by atoms with van der Waals surface area (Å²) in [6.45, 7) is 3.74. The number of anilines is 2. The van der Waals surface area contributed by atoms with Gasteiger partial charge in [-0.25, -0.2) is 0 Å². The van der Waals surface area contributed by atoms with Gasteiger partial charge in [0.25, 0.3) is 11.8 Å². The van der Waals surface area contributed by atoms with Crippen molar-refractivity contribution < 1.29 is 18.4 Å². The summed E-state index contributed by atoms with van der Waals surface area (Å²) in [5.41, 5.74) is 4.72. The van der Waals surface area contributed by atoms with Crippen LogP contribution in [0.15, 0.2) is 115 Å². The summed E-state index contributed by atoms with van der Waals surface area (Å²) in [6, 6.07) is 27.1. The fraction of sp³-hybridized carbons (Fsp3) is 0.0588. The highest BCUT2D eigenvalue weighted by atomic mass is 16.3. The summed E-state index contributed by atoms with van der Waals surface area (Å²) in [5.74, 6) is -1.18. The molecule has 206 valence electrons. The van der Waals surface area contributed by atoms with Gasteiger partial charge in [0.1, 0.15) is 11.2 Å². The molecular weight excluding hydrogens is 532 g/mol. The number of hydrogen-bond donors (Lipinski definition) is 2. The second kappa shape index (κ2) is 10.7. The Hall–Kier alpha value is -5.76. The lowest BCUT2D eigenvalue weighted by Gasteiger charge is -2.13. The van der Waals surface area contributed by atoms with E-state index in [9.17, 15) is 19.2 Å². The third-order valence-electron chi connectivity index (χ3n) is 7.00. The second-order valence-corrected chi connectivity index (χ2v) is 9.91. The number of benzene rings is 4. The van der Waals surface area contributed by atoms with E-state index in [1.165, 1.54) is 12.1 Å². The molecule has 0 atom stereocenters. The summed E-state index contributed by atoms with van der Waals surface area (Å²) >= 11 is 0. The van der Waals surface area contributed by atoms with Crippen LogP contribution in [0, 0.1) is 13.8 Å². The predicted molar refractivity (Wildman–Crippen MR) is 162 cm³/mol. The molecule has 42 heavy (non-hydrogen) atoms. The number of fused-ring (bicyclic) bond motifs is 2. The largest absolute Gasteiger partial charge is 0.451 e. The second-order valence-electron chi connectivity index (χ2n) is 9.91. The van der Waals surface area contributed by atoms with Crippen LogP contribution in [-0.2, 0) is 0 Å². The number of rotatable bonds is 5. The maximum absolute atomic E-state index is 12.9. The summed E-state index contributed by atoms with van der Waals surface area (Å²) in [6.07, 6.45) is 0. The molecule has 0 fully saturated rings. The van der Waals surface area contributed by atoms with E-state index in [0.717, 1.165) is 22.3 Å². The molecule has 0 aliphatic carbocycles. The van der Waals surface area contributed by atoms with E-state index >= 15 is 0 Å². The molecular formula is C34H24N2O6. The highest BCUT2D eigenvalue weighted by Gasteiger charge is 2.16. The summed E-state index contributed by atoms with van der Waals surface area (Å²) < 4.78 is 11.3. The van der Waals surface area contributed by atoms with E-state index < -0.39 is 11.8 Å². The molecule has 2 heterocycles. The minimum Gasteiger partial charge on any atom is -0.451 e. The Morgan fingerprint density at radius 1 is 0.548 bits per heavy atom. The molecule has 6 aromatic rings. The number of carbonyl (C=O) groups is 2. The highest BCUT2D eigenvalue weighted by Crippen LogP contribution is 2.29. The van der Waals surface area contributed by atoms with Gasteiger partial charge in [-0.2, -0.15) is 0 Å². The molecule has 4 aromatic carbocycles. The van der Waals surface area contributed by atoms with E-state index in [-0.39, 0.29) is 22.4 Å². The van der Waals surface area contributed by atoms with Gasteiger partial charge >= 0.3 is 0 Å². The lowest BCUT2D eigenvalue weighted by molar-refractivity contribution is 0.0990. The van der Waals surface area contributed by atoms with Crippen LogP contribution in [0.25, 0.3) is 33.1 Å². The first-order valence-electron chi connectivity index (χ1n) is 13.2. The molecule has 0 radical (unpaired) electrons. The Morgan fingerprint density at radius 3 is 1.36 bits per heavy atom. The van der Waals surface area contributed by atoms with Crippen LogP contribution in [0.1, 0.15) is 32.2 Å². The van der Waals surface area contributed by atoms with Crippen molar-refractivity contribution in [2.75, 3.05) is 10.6 Å². The third-order valence-corrected chi connectivity index (χ3v) is 7.00. The van der Waals surface area contributed by atoms with Crippen LogP contribution in [0.5, 0.6) is 0 Å². The van der Waals surface area contributed by atoms with Crippen molar-refractivity contribution >= 4 is 45.1 Å². The zero-order chi connectivity index (χ0) is 29.4. The average molecular weight is 557 g/mol. The zero-order valence-corrected chi connectivity index (χ0v) is 22.7. The van der Waals surface area contributed by atoms with Crippen LogP contribution in [0.4, 0.5) is 11.4 Å². The van der Waals surface area contributed by atoms with Crippen molar-refractivity contribution in [3.05, 3.63) is 140 Å². The molecule has 2 N–H and O–H groups in total. The molecule has 0 bridgehead atoms. The molecule has 0 unspecified atom stereocenters. The lowest BCUT2D eigenvalue weighted by atomic mass is 10.00. The Morgan fingerprint density at radius 2 is 0.952 bits per heavy atom. The first-order chi connectivity index (χ1) is 20.3. The quantitative estimate of drug-likeness (QED) is 0.244. The Balaban J connectivity index is 1.19. The van der Waals surface area contributed by atoms with E-state index in [1.807, 2.05) is 38.1 Å².